The molecule has 0 aliphatic carbocycles. The second-order valence-electron chi connectivity index (χ2n) is 4.25. The van der Waals surface area contributed by atoms with Crippen LogP contribution in [0.4, 0.5) is 14.9 Å². The molecule has 0 saturated heterocycles. The number of carbonyl (C=O) groups is 1. The molecule has 5 heteroatoms. The minimum atomic E-state index is -0.660. The minimum absolute atomic E-state index is 0.120. The van der Waals surface area contributed by atoms with Gasteiger partial charge in [-0.2, -0.15) is 0 Å². The highest BCUT2D eigenvalue weighted by Gasteiger charge is 2.17. The SMILES string of the molecule is CC(C)(C)OC(=O)Nc1ccc(I)cc1F. The summed E-state index contributed by atoms with van der Waals surface area (Å²) in [5.41, 5.74) is -0.473. The van der Waals surface area contributed by atoms with Crippen LogP contribution < -0.4 is 5.32 Å². The molecule has 1 N–H and O–H groups in total. The van der Waals surface area contributed by atoms with Gasteiger partial charge in [-0.1, -0.05) is 0 Å². The van der Waals surface area contributed by atoms with Gasteiger partial charge in [0.05, 0.1) is 5.69 Å². The van der Waals surface area contributed by atoms with Gasteiger partial charge in [0.15, 0.2) is 0 Å². The highest BCUT2D eigenvalue weighted by Crippen LogP contribution is 2.18. The van der Waals surface area contributed by atoms with Gasteiger partial charge in [0.2, 0.25) is 0 Å². The van der Waals surface area contributed by atoms with Gasteiger partial charge in [-0.05, 0) is 61.6 Å². The number of nitrogens with one attached hydrogen (secondary N) is 1. The number of ether oxygens (including phenoxy) is 1. The molecule has 0 heterocycles. The van der Waals surface area contributed by atoms with Crippen molar-refractivity contribution in [3.05, 3.63) is 27.6 Å². The first-order chi connectivity index (χ1) is 7.28. The number of carbonyl (C=O) groups excluding carboxylic acids is 1. The Bertz CT molecular complexity index is 401. The van der Waals surface area contributed by atoms with Crippen LogP contribution in [-0.2, 0) is 4.74 Å². The van der Waals surface area contributed by atoms with E-state index in [0.29, 0.717) is 0 Å². The lowest BCUT2D eigenvalue weighted by Crippen LogP contribution is -2.27. The molecule has 0 spiro atoms. The zero-order valence-corrected chi connectivity index (χ0v) is 11.5. The smallest absolute Gasteiger partial charge is 0.412 e. The van der Waals surface area contributed by atoms with Crippen molar-refractivity contribution >= 4 is 34.4 Å². The number of halogens is 2. The molecular formula is C11H13FINO2. The molecule has 88 valence electrons. The van der Waals surface area contributed by atoms with E-state index in [-0.39, 0.29) is 5.69 Å². The maximum Gasteiger partial charge on any atom is 0.412 e. The summed E-state index contributed by atoms with van der Waals surface area (Å²) >= 11 is 1.99. The van der Waals surface area contributed by atoms with E-state index >= 15 is 0 Å². The van der Waals surface area contributed by atoms with Crippen molar-refractivity contribution in [3.63, 3.8) is 0 Å². The molecule has 0 bridgehead atoms. The molecule has 0 saturated carbocycles. The van der Waals surface area contributed by atoms with Crippen molar-refractivity contribution in [2.75, 3.05) is 5.32 Å². The summed E-state index contributed by atoms with van der Waals surface area (Å²) in [6, 6.07) is 4.55. The maximum absolute atomic E-state index is 13.4. The first-order valence-electron chi connectivity index (χ1n) is 4.73. The van der Waals surface area contributed by atoms with Crippen molar-refractivity contribution < 1.29 is 13.9 Å². The molecule has 1 amide bonds. The largest absolute Gasteiger partial charge is 0.444 e. The van der Waals surface area contributed by atoms with E-state index in [9.17, 15) is 9.18 Å². The summed E-state index contributed by atoms with van der Waals surface area (Å²) < 4.78 is 19.1. The topological polar surface area (TPSA) is 38.3 Å². The Labute approximate surface area is 108 Å². The second kappa shape index (κ2) is 4.99. The van der Waals surface area contributed by atoms with Crippen LogP contribution in [0.1, 0.15) is 20.8 Å². The number of hydrogen-bond acceptors (Lipinski definition) is 2. The van der Waals surface area contributed by atoms with Crippen LogP contribution in [0.5, 0.6) is 0 Å². The molecule has 1 aromatic rings. The quantitative estimate of drug-likeness (QED) is 0.792. The number of rotatable bonds is 1. The van der Waals surface area contributed by atoms with Crippen LogP contribution in [-0.4, -0.2) is 11.7 Å². The highest BCUT2D eigenvalue weighted by molar-refractivity contribution is 14.1. The van der Waals surface area contributed by atoms with Crippen molar-refractivity contribution in [2.24, 2.45) is 0 Å². The van der Waals surface area contributed by atoms with Gasteiger partial charge in [0.25, 0.3) is 0 Å². The van der Waals surface area contributed by atoms with E-state index in [4.69, 9.17) is 4.74 Å². The van der Waals surface area contributed by atoms with E-state index in [2.05, 4.69) is 5.32 Å². The second-order valence-corrected chi connectivity index (χ2v) is 5.50. The molecule has 16 heavy (non-hydrogen) atoms. The Morgan fingerprint density at radius 1 is 1.44 bits per heavy atom. The molecule has 0 aromatic heterocycles. The zero-order chi connectivity index (χ0) is 12.3. The summed E-state index contributed by atoms with van der Waals surface area (Å²) in [4.78, 5) is 11.4. The molecule has 1 aromatic carbocycles. The molecule has 1 rings (SSSR count). The van der Waals surface area contributed by atoms with Crippen LogP contribution in [0, 0.1) is 9.39 Å². The Balaban J connectivity index is 2.70. The van der Waals surface area contributed by atoms with E-state index in [1.165, 1.54) is 12.1 Å². The van der Waals surface area contributed by atoms with Gasteiger partial charge >= 0.3 is 6.09 Å². The molecule has 0 radical (unpaired) electrons. The summed E-state index contributed by atoms with van der Waals surface area (Å²) in [5.74, 6) is -0.474. The fourth-order valence-electron chi connectivity index (χ4n) is 1.00. The zero-order valence-electron chi connectivity index (χ0n) is 9.30. The monoisotopic (exact) mass is 337 g/mol. The Hall–Kier alpha value is -0.850. The van der Waals surface area contributed by atoms with E-state index in [1.54, 1.807) is 26.8 Å². The fourth-order valence-corrected chi connectivity index (χ4v) is 1.46. The summed E-state index contributed by atoms with van der Waals surface area (Å²) in [7, 11) is 0. The van der Waals surface area contributed by atoms with Crippen LogP contribution in [0.25, 0.3) is 0 Å². The van der Waals surface area contributed by atoms with Gasteiger partial charge in [0.1, 0.15) is 11.4 Å². The van der Waals surface area contributed by atoms with E-state index in [0.717, 1.165) is 3.57 Å². The van der Waals surface area contributed by atoms with Crippen LogP contribution in [0.3, 0.4) is 0 Å². The Kier molecular flexibility index (Phi) is 4.12. The number of anilines is 1. The van der Waals surface area contributed by atoms with Gasteiger partial charge in [-0.3, -0.25) is 5.32 Å². The average molecular weight is 337 g/mol. The lowest BCUT2D eigenvalue weighted by molar-refractivity contribution is 0.0635. The third-order valence-corrected chi connectivity index (χ3v) is 2.24. The summed E-state index contributed by atoms with van der Waals surface area (Å²) in [5, 5.41) is 2.35. The third kappa shape index (κ3) is 4.34. The summed E-state index contributed by atoms with van der Waals surface area (Å²) in [6.45, 7) is 5.24. The summed E-state index contributed by atoms with van der Waals surface area (Å²) in [6.07, 6.45) is -0.660. The third-order valence-electron chi connectivity index (χ3n) is 1.57. The average Bonchev–Trinajstić information content (AvgIpc) is 2.06. The first kappa shape index (κ1) is 13.2. The first-order valence-corrected chi connectivity index (χ1v) is 5.81. The molecule has 0 fully saturated rings. The van der Waals surface area contributed by atoms with Crippen molar-refractivity contribution in [1.29, 1.82) is 0 Å². The van der Waals surface area contributed by atoms with Crippen LogP contribution in [0.15, 0.2) is 18.2 Å². The van der Waals surface area contributed by atoms with Gasteiger partial charge < -0.3 is 4.74 Å². The molecule has 3 nitrogen and oxygen atoms in total. The molecule has 0 atom stereocenters. The molecule has 0 aliphatic rings. The molecular weight excluding hydrogens is 324 g/mol. The van der Waals surface area contributed by atoms with Crippen molar-refractivity contribution in [1.82, 2.24) is 0 Å². The van der Waals surface area contributed by atoms with Crippen LogP contribution >= 0.6 is 22.6 Å². The standard InChI is InChI=1S/C11H13FINO2/c1-11(2,3)16-10(15)14-9-5-4-7(13)6-8(9)12/h4-6H,1-3H3,(H,14,15). The molecule has 0 aliphatic heterocycles. The number of amides is 1. The molecule has 0 unspecified atom stereocenters. The maximum atomic E-state index is 13.4. The number of hydrogen-bond donors (Lipinski definition) is 1. The predicted molar refractivity (Wildman–Crippen MR) is 69.0 cm³/mol. The predicted octanol–water partition coefficient (Wildman–Crippen LogP) is 3.78. The lowest BCUT2D eigenvalue weighted by Gasteiger charge is -2.19. The van der Waals surface area contributed by atoms with Crippen molar-refractivity contribution in [2.45, 2.75) is 26.4 Å². The van der Waals surface area contributed by atoms with E-state index < -0.39 is 17.5 Å². The number of benzene rings is 1. The lowest BCUT2D eigenvalue weighted by atomic mass is 10.2. The Morgan fingerprint density at radius 3 is 2.56 bits per heavy atom. The van der Waals surface area contributed by atoms with Crippen molar-refractivity contribution in [3.8, 4) is 0 Å². The van der Waals surface area contributed by atoms with Gasteiger partial charge in [0, 0.05) is 3.57 Å². The van der Waals surface area contributed by atoms with Crippen LogP contribution in [0.2, 0.25) is 0 Å². The van der Waals surface area contributed by atoms with Gasteiger partial charge in [-0.15, -0.1) is 0 Å². The Morgan fingerprint density at radius 2 is 2.06 bits per heavy atom. The highest BCUT2D eigenvalue weighted by atomic mass is 127. The minimum Gasteiger partial charge on any atom is -0.444 e. The normalized spacial score (nSPS) is 11.1. The van der Waals surface area contributed by atoms with Gasteiger partial charge in [-0.25, -0.2) is 9.18 Å². The van der Waals surface area contributed by atoms with E-state index in [1.807, 2.05) is 22.6 Å². The fraction of sp³-hybridized carbons (Fsp3) is 0.364.